The van der Waals surface area contributed by atoms with Gasteiger partial charge >= 0.3 is 0 Å². The number of hydrogen-bond acceptors (Lipinski definition) is 3. The third-order valence-electron chi connectivity index (χ3n) is 3.07. The Morgan fingerprint density at radius 1 is 1.29 bits per heavy atom. The molecule has 0 heterocycles. The van der Waals surface area contributed by atoms with E-state index in [1.807, 2.05) is 0 Å². The Hall–Kier alpha value is -0.940. The van der Waals surface area contributed by atoms with Gasteiger partial charge in [0, 0.05) is 25.7 Å². The quantitative estimate of drug-likeness (QED) is 0.335. The lowest BCUT2D eigenvalue weighted by atomic mass is 10.1. The fraction of sp³-hybridized carbons (Fsp3) is 0.533. The summed E-state index contributed by atoms with van der Waals surface area (Å²) in [5, 5.41) is 6.17. The second-order valence-electron chi connectivity index (χ2n) is 6.12. The Labute approximate surface area is 160 Å². The first kappa shape index (κ1) is 23.1. The molecular formula is C15H26FIN4O2S. The number of aryl methyl sites for hydroxylation is 1. The molecule has 0 aliphatic carbocycles. The maximum Gasteiger partial charge on any atom is 0.209 e. The van der Waals surface area contributed by atoms with Crippen LogP contribution in [0.4, 0.5) is 4.39 Å². The molecule has 0 saturated carbocycles. The van der Waals surface area contributed by atoms with Crippen LogP contribution in [0.1, 0.15) is 25.0 Å². The van der Waals surface area contributed by atoms with Gasteiger partial charge in [-0.1, -0.05) is 12.1 Å². The largest absolute Gasteiger partial charge is 0.355 e. The Morgan fingerprint density at radius 3 is 2.42 bits per heavy atom. The fourth-order valence-corrected chi connectivity index (χ4v) is 3.14. The van der Waals surface area contributed by atoms with Gasteiger partial charge in [-0.2, -0.15) is 0 Å². The molecule has 0 atom stereocenters. The minimum atomic E-state index is -3.29. The van der Waals surface area contributed by atoms with Crippen LogP contribution in [0.5, 0.6) is 0 Å². The number of guanidine groups is 1. The second kappa shape index (κ2) is 9.52. The van der Waals surface area contributed by atoms with Gasteiger partial charge in [-0.05, 0) is 38.0 Å². The van der Waals surface area contributed by atoms with Crippen molar-refractivity contribution in [2.45, 2.75) is 32.9 Å². The number of aliphatic imine (C=N–C) groups is 1. The van der Waals surface area contributed by atoms with Gasteiger partial charge in [-0.3, -0.25) is 4.99 Å². The molecule has 0 amide bonds. The Morgan fingerprint density at radius 2 is 1.92 bits per heavy atom. The van der Waals surface area contributed by atoms with Crippen LogP contribution in [0.3, 0.4) is 0 Å². The number of sulfonamides is 1. The summed E-state index contributed by atoms with van der Waals surface area (Å²) in [4.78, 5) is 4.09. The number of nitrogens with zero attached hydrogens (tertiary/aromatic N) is 1. The normalized spacial score (nSPS) is 12.5. The molecule has 0 saturated heterocycles. The van der Waals surface area contributed by atoms with Crippen LogP contribution in [0.15, 0.2) is 23.2 Å². The summed E-state index contributed by atoms with van der Waals surface area (Å²) in [6.45, 7) is 6.11. The summed E-state index contributed by atoms with van der Waals surface area (Å²) in [7, 11) is -1.66. The first-order valence-corrected chi connectivity index (χ1v) is 9.10. The lowest BCUT2D eigenvalue weighted by molar-refractivity contribution is 0.446. The molecular weight excluding hydrogens is 446 g/mol. The monoisotopic (exact) mass is 472 g/mol. The lowest BCUT2D eigenvalue weighted by Gasteiger charge is -2.26. The van der Waals surface area contributed by atoms with Gasteiger partial charge in [-0.15, -0.1) is 24.0 Å². The molecule has 0 radical (unpaired) electrons. The Balaban J connectivity index is 0.00000529. The zero-order valence-electron chi connectivity index (χ0n) is 14.6. The van der Waals surface area contributed by atoms with Crippen LogP contribution in [-0.2, 0) is 16.6 Å². The first-order chi connectivity index (χ1) is 10.5. The number of halogens is 2. The molecule has 0 aliphatic rings. The molecule has 3 N–H and O–H groups in total. The maximum atomic E-state index is 13.2. The van der Waals surface area contributed by atoms with E-state index in [0.717, 1.165) is 11.8 Å². The zero-order chi connectivity index (χ0) is 17.7. The third-order valence-corrected chi connectivity index (χ3v) is 3.99. The highest BCUT2D eigenvalue weighted by Gasteiger charge is 2.22. The molecule has 1 aromatic rings. The van der Waals surface area contributed by atoms with Crippen molar-refractivity contribution in [3.63, 3.8) is 0 Å². The average Bonchev–Trinajstić information content (AvgIpc) is 2.40. The summed E-state index contributed by atoms with van der Waals surface area (Å²) in [6.07, 6.45) is 1.12. The Bertz CT molecular complexity index is 678. The molecule has 1 rings (SSSR count). The summed E-state index contributed by atoms with van der Waals surface area (Å²) in [5.74, 6) is 0.306. The molecule has 9 heteroatoms. The van der Waals surface area contributed by atoms with Crippen molar-refractivity contribution in [3.05, 3.63) is 35.1 Å². The topological polar surface area (TPSA) is 82.6 Å². The minimum absolute atomic E-state index is 0. The van der Waals surface area contributed by atoms with Gasteiger partial charge in [0.05, 0.1) is 6.26 Å². The van der Waals surface area contributed by atoms with Crippen molar-refractivity contribution in [3.8, 4) is 0 Å². The highest BCUT2D eigenvalue weighted by atomic mass is 127. The van der Waals surface area contributed by atoms with E-state index in [2.05, 4.69) is 20.3 Å². The summed E-state index contributed by atoms with van der Waals surface area (Å²) in [5.41, 5.74) is 0.864. The van der Waals surface area contributed by atoms with Crippen molar-refractivity contribution in [2.75, 3.05) is 19.8 Å². The average molecular weight is 472 g/mol. The molecule has 0 aromatic heterocycles. The smallest absolute Gasteiger partial charge is 0.209 e. The zero-order valence-corrected chi connectivity index (χ0v) is 17.8. The van der Waals surface area contributed by atoms with E-state index in [1.54, 1.807) is 40.0 Å². The van der Waals surface area contributed by atoms with Gasteiger partial charge in [-0.25, -0.2) is 17.5 Å². The van der Waals surface area contributed by atoms with Gasteiger partial charge < -0.3 is 10.6 Å². The van der Waals surface area contributed by atoms with Gasteiger partial charge in [0.15, 0.2) is 5.96 Å². The molecule has 0 bridgehead atoms. The van der Waals surface area contributed by atoms with Crippen molar-refractivity contribution < 1.29 is 12.8 Å². The summed E-state index contributed by atoms with van der Waals surface area (Å²) < 4.78 is 38.4. The third kappa shape index (κ3) is 8.78. The Kier molecular flexibility index (Phi) is 9.15. The van der Waals surface area contributed by atoms with Crippen LogP contribution < -0.4 is 15.4 Å². The highest BCUT2D eigenvalue weighted by molar-refractivity contribution is 14.0. The summed E-state index contributed by atoms with van der Waals surface area (Å²) in [6, 6.07) is 4.91. The predicted octanol–water partition coefficient (Wildman–Crippen LogP) is 1.74. The van der Waals surface area contributed by atoms with Gasteiger partial charge in [0.2, 0.25) is 10.0 Å². The van der Waals surface area contributed by atoms with Crippen LogP contribution in [0.25, 0.3) is 0 Å². The van der Waals surface area contributed by atoms with Crippen molar-refractivity contribution >= 4 is 40.0 Å². The fourth-order valence-electron chi connectivity index (χ4n) is 2.07. The van der Waals surface area contributed by atoms with Crippen molar-refractivity contribution in [1.29, 1.82) is 0 Å². The van der Waals surface area contributed by atoms with Crippen molar-refractivity contribution in [2.24, 2.45) is 4.99 Å². The highest BCUT2D eigenvalue weighted by Crippen LogP contribution is 2.09. The van der Waals surface area contributed by atoms with E-state index in [1.165, 1.54) is 6.07 Å². The van der Waals surface area contributed by atoms with Crippen molar-refractivity contribution in [1.82, 2.24) is 15.4 Å². The molecule has 0 spiro atoms. The number of benzene rings is 1. The van der Waals surface area contributed by atoms with E-state index < -0.39 is 15.6 Å². The summed E-state index contributed by atoms with van der Waals surface area (Å²) >= 11 is 0. The standard InChI is InChI=1S/C15H25FN4O2S.HI/c1-11-8-12(6-7-13(11)16)9-18-14(17-4)19-10-15(2,3)20-23(5,21)22;/h6-8,20H,9-10H2,1-5H3,(H2,17,18,19);1H. The predicted molar refractivity (Wildman–Crippen MR) is 107 cm³/mol. The molecule has 0 aliphatic heterocycles. The van der Waals surface area contributed by atoms with Gasteiger partial charge in [0.1, 0.15) is 5.82 Å². The molecule has 1 aromatic carbocycles. The van der Waals surface area contributed by atoms with E-state index in [9.17, 15) is 12.8 Å². The SMILES string of the molecule is CN=C(NCc1ccc(F)c(C)c1)NCC(C)(C)NS(C)(=O)=O.I. The van der Waals surface area contributed by atoms with E-state index in [4.69, 9.17) is 0 Å². The van der Waals surface area contributed by atoms with Gasteiger partial charge in [0.25, 0.3) is 0 Å². The lowest BCUT2D eigenvalue weighted by Crippen LogP contribution is -2.52. The van der Waals surface area contributed by atoms with E-state index in [0.29, 0.717) is 24.6 Å². The minimum Gasteiger partial charge on any atom is -0.355 e. The maximum absolute atomic E-state index is 13.2. The number of hydrogen-bond donors (Lipinski definition) is 3. The molecule has 24 heavy (non-hydrogen) atoms. The molecule has 138 valence electrons. The van der Waals surface area contributed by atoms with Crippen LogP contribution >= 0.6 is 24.0 Å². The van der Waals surface area contributed by atoms with E-state index >= 15 is 0 Å². The van der Waals surface area contributed by atoms with E-state index in [-0.39, 0.29) is 29.8 Å². The number of rotatable bonds is 6. The number of nitrogens with one attached hydrogen (secondary N) is 3. The molecule has 0 fully saturated rings. The van der Waals surface area contributed by atoms with Crippen LogP contribution in [-0.4, -0.2) is 39.8 Å². The molecule has 6 nitrogen and oxygen atoms in total. The van der Waals surface area contributed by atoms with Crippen LogP contribution in [0, 0.1) is 12.7 Å². The van der Waals surface area contributed by atoms with Crippen LogP contribution in [0.2, 0.25) is 0 Å². The molecule has 0 unspecified atom stereocenters. The second-order valence-corrected chi connectivity index (χ2v) is 7.87. The first-order valence-electron chi connectivity index (χ1n) is 7.21.